The van der Waals surface area contributed by atoms with Gasteiger partial charge < -0.3 is 4.90 Å². The SMILES string of the molecule is Cc1ccc(N(C(=O)C2CCCCC2)[C@@H]2C=CS(=O)(=O)C2)cc1. The fourth-order valence-electron chi connectivity index (χ4n) is 3.45. The fraction of sp³-hybridized carbons (Fsp3) is 0.500. The van der Waals surface area contributed by atoms with Crippen molar-refractivity contribution in [3.8, 4) is 0 Å². The molecule has 1 aliphatic heterocycles. The number of aryl methyl sites for hydroxylation is 1. The predicted molar refractivity (Wildman–Crippen MR) is 92.0 cm³/mol. The maximum Gasteiger partial charge on any atom is 0.230 e. The highest BCUT2D eigenvalue weighted by Crippen LogP contribution is 2.30. The molecule has 2 aliphatic rings. The summed E-state index contributed by atoms with van der Waals surface area (Å²) in [5.41, 5.74) is 1.91. The largest absolute Gasteiger partial charge is 0.304 e. The Labute approximate surface area is 138 Å². The first-order valence-electron chi connectivity index (χ1n) is 8.27. The maximum absolute atomic E-state index is 13.1. The lowest BCUT2D eigenvalue weighted by atomic mass is 9.88. The van der Waals surface area contributed by atoms with E-state index in [4.69, 9.17) is 0 Å². The van der Waals surface area contributed by atoms with Crippen LogP contribution in [0.5, 0.6) is 0 Å². The van der Waals surface area contributed by atoms with Crippen LogP contribution in [0.4, 0.5) is 5.69 Å². The molecule has 1 atom stereocenters. The van der Waals surface area contributed by atoms with Crippen LogP contribution in [0.3, 0.4) is 0 Å². The number of rotatable bonds is 3. The van der Waals surface area contributed by atoms with Crippen molar-refractivity contribution in [1.29, 1.82) is 0 Å². The molecule has 0 aromatic heterocycles. The molecule has 0 saturated heterocycles. The monoisotopic (exact) mass is 333 g/mol. The van der Waals surface area contributed by atoms with Crippen molar-refractivity contribution < 1.29 is 13.2 Å². The van der Waals surface area contributed by atoms with E-state index in [9.17, 15) is 13.2 Å². The molecular weight excluding hydrogens is 310 g/mol. The molecule has 23 heavy (non-hydrogen) atoms. The van der Waals surface area contributed by atoms with E-state index >= 15 is 0 Å². The van der Waals surface area contributed by atoms with Gasteiger partial charge in [0.25, 0.3) is 0 Å². The van der Waals surface area contributed by atoms with Crippen molar-refractivity contribution >= 4 is 21.4 Å². The van der Waals surface area contributed by atoms with Gasteiger partial charge in [0.15, 0.2) is 9.84 Å². The molecule has 0 unspecified atom stereocenters. The molecule has 1 amide bonds. The van der Waals surface area contributed by atoms with Crippen LogP contribution < -0.4 is 4.90 Å². The zero-order valence-electron chi connectivity index (χ0n) is 13.4. The molecule has 1 aromatic rings. The minimum absolute atomic E-state index is 0.0145. The van der Waals surface area contributed by atoms with Crippen LogP contribution in [0.15, 0.2) is 35.7 Å². The summed E-state index contributed by atoms with van der Waals surface area (Å²) in [7, 11) is -3.20. The van der Waals surface area contributed by atoms with Gasteiger partial charge >= 0.3 is 0 Å². The minimum Gasteiger partial charge on any atom is -0.304 e. The molecular formula is C18H23NO3S. The molecule has 1 aliphatic carbocycles. The van der Waals surface area contributed by atoms with Gasteiger partial charge in [-0.25, -0.2) is 8.42 Å². The first-order valence-corrected chi connectivity index (χ1v) is 9.98. The van der Waals surface area contributed by atoms with Crippen molar-refractivity contribution in [3.05, 3.63) is 41.3 Å². The average molecular weight is 333 g/mol. The van der Waals surface area contributed by atoms with Gasteiger partial charge in [-0.15, -0.1) is 0 Å². The van der Waals surface area contributed by atoms with Crippen LogP contribution >= 0.6 is 0 Å². The molecule has 0 N–H and O–H groups in total. The Morgan fingerprint density at radius 2 is 1.74 bits per heavy atom. The Kier molecular flexibility index (Phi) is 4.57. The minimum atomic E-state index is -3.20. The summed E-state index contributed by atoms with van der Waals surface area (Å²) in [6.45, 7) is 2.00. The average Bonchev–Trinajstić information content (AvgIpc) is 2.90. The highest BCUT2D eigenvalue weighted by molar-refractivity contribution is 7.94. The Bertz CT molecular complexity index is 700. The quantitative estimate of drug-likeness (QED) is 0.853. The van der Waals surface area contributed by atoms with E-state index in [2.05, 4.69) is 0 Å². The van der Waals surface area contributed by atoms with E-state index in [1.807, 2.05) is 31.2 Å². The third-order valence-corrected chi connectivity index (χ3v) is 6.12. The third kappa shape index (κ3) is 3.66. The molecule has 0 radical (unpaired) electrons. The number of nitrogens with zero attached hydrogens (tertiary/aromatic N) is 1. The lowest BCUT2D eigenvalue weighted by Gasteiger charge is -2.32. The van der Waals surface area contributed by atoms with Gasteiger partial charge in [-0.1, -0.05) is 37.0 Å². The van der Waals surface area contributed by atoms with E-state index in [0.717, 1.165) is 36.9 Å². The third-order valence-electron chi connectivity index (χ3n) is 4.75. The lowest BCUT2D eigenvalue weighted by molar-refractivity contribution is -0.123. The molecule has 1 saturated carbocycles. The summed E-state index contributed by atoms with van der Waals surface area (Å²) in [4.78, 5) is 14.8. The molecule has 5 heteroatoms. The lowest BCUT2D eigenvalue weighted by Crippen LogP contribution is -2.45. The Morgan fingerprint density at radius 3 is 2.30 bits per heavy atom. The van der Waals surface area contributed by atoms with Crippen molar-refractivity contribution in [2.45, 2.75) is 45.1 Å². The number of anilines is 1. The molecule has 1 aromatic carbocycles. The maximum atomic E-state index is 13.1. The smallest absolute Gasteiger partial charge is 0.230 e. The molecule has 4 nitrogen and oxygen atoms in total. The van der Waals surface area contributed by atoms with Crippen LogP contribution in [0.2, 0.25) is 0 Å². The molecule has 124 valence electrons. The van der Waals surface area contributed by atoms with Gasteiger partial charge in [-0.05, 0) is 38.0 Å². The zero-order chi connectivity index (χ0) is 16.4. The van der Waals surface area contributed by atoms with E-state index in [1.165, 1.54) is 11.8 Å². The second kappa shape index (κ2) is 6.48. The first-order chi connectivity index (χ1) is 11.0. The topological polar surface area (TPSA) is 54.5 Å². The molecule has 1 heterocycles. The number of benzene rings is 1. The van der Waals surface area contributed by atoms with Gasteiger partial charge in [-0.3, -0.25) is 4.79 Å². The summed E-state index contributed by atoms with van der Waals surface area (Å²) in [6.07, 6.45) is 6.81. The summed E-state index contributed by atoms with van der Waals surface area (Å²) >= 11 is 0. The second-order valence-corrected chi connectivity index (χ2v) is 8.54. The van der Waals surface area contributed by atoms with Crippen molar-refractivity contribution in [2.75, 3.05) is 10.7 Å². The highest BCUT2D eigenvalue weighted by Gasteiger charge is 2.35. The van der Waals surface area contributed by atoms with Crippen molar-refractivity contribution in [3.63, 3.8) is 0 Å². The van der Waals surface area contributed by atoms with Crippen LogP contribution in [-0.4, -0.2) is 26.1 Å². The van der Waals surface area contributed by atoms with E-state index < -0.39 is 15.9 Å². The van der Waals surface area contributed by atoms with Gasteiger partial charge in [0.05, 0.1) is 11.8 Å². The Morgan fingerprint density at radius 1 is 1.09 bits per heavy atom. The molecule has 0 bridgehead atoms. The summed E-state index contributed by atoms with van der Waals surface area (Å²) in [5.74, 6) is 0.0707. The van der Waals surface area contributed by atoms with Gasteiger partial charge in [0, 0.05) is 17.0 Å². The van der Waals surface area contributed by atoms with Crippen LogP contribution in [0, 0.1) is 12.8 Å². The van der Waals surface area contributed by atoms with Crippen LogP contribution in [0.25, 0.3) is 0 Å². The number of sulfone groups is 1. The normalized spacial score (nSPS) is 23.8. The van der Waals surface area contributed by atoms with E-state index in [-0.39, 0.29) is 17.6 Å². The first kappa shape index (κ1) is 16.2. The highest BCUT2D eigenvalue weighted by atomic mass is 32.2. The standard InChI is InChI=1S/C18H23NO3S/c1-14-7-9-16(10-8-14)19(17-11-12-23(21,22)13-17)18(20)15-5-3-2-4-6-15/h7-12,15,17H,2-6,13H2,1H3/t17-/m1/s1. The van der Waals surface area contributed by atoms with Crippen molar-refractivity contribution in [1.82, 2.24) is 0 Å². The van der Waals surface area contributed by atoms with Crippen LogP contribution in [-0.2, 0) is 14.6 Å². The molecule has 3 rings (SSSR count). The number of hydrogen-bond donors (Lipinski definition) is 0. The van der Waals surface area contributed by atoms with E-state index in [1.54, 1.807) is 11.0 Å². The van der Waals surface area contributed by atoms with Gasteiger partial charge in [0.1, 0.15) is 0 Å². The summed E-state index contributed by atoms with van der Waals surface area (Å²) in [5, 5.41) is 1.24. The predicted octanol–water partition coefficient (Wildman–Crippen LogP) is 3.22. The number of amides is 1. The summed E-state index contributed by atoms with van der Waals surface area (Å²) < 4.78 is 23.6. The molecule has 1 fully saturated rings. The molecule has 0 spiro atoms. The Hall–Kier alpha value is -1.62. The van der Waals surface area contributed by atoms with Gasteiger partial charge in [0.2, 0.25) is 5.91 Å². The second-order valence-electron chi connectivity index (χ2n) is 6.60. The number of hydrogen-bond acceptors (Lipinski definition) is 3. The number of carbonyl (C=O) groups is 1. The zero-order valence-corrected chi connectivity index (χ0v) is 14.3. The van der Waals surface area contributed by atoms with Crippen LogP contribution in [0.1, 0.15) is 37.7 Å². The van der Waals surface area contributed by atoms with Gasteiger partial charge in [-0.2, -0.15) is 0 Å². The van der Waals surface area contributed by atoms with Crippen molar-refractivity contribution in [2.24, 2.45) is 5.92 Å². The number of carbonyl (C=O) groups excluding carboxylic acids is 1. The summed E-state index contributed by atoms with van der Waals surface area (Å²) in [6, 6.07) is 7.36. The Balaban J connectivity index is 1.91. The fourth-order valence-corrected chi connectivity index (χ4v) is 4.72. The van der Waals surface area contributed by atoms with E-state index in [0.29, 0.717) is 0 Å².